The smallest absolute Gasteiger partial charge is 0.337 e. The van der Waals surface area contributed by atoms with Crippen molar-refractivity contribution in [3.63, 3.8) is 0 Å². The minimum atomic E-state index is -3.73. The number of nitrogens with two attached hydrogens (primary N) is 1. The number of hydrogen-bond donors (Lipinski definition) is 2. The summed E-state index contributed by atoms with van der Waals surface area (Å²) < 4.78 is 22.5. The zero-order chi connectivity index (χ0) is 16.6. The highest BCUT2D eigenvalue weighted by atomic mass is 32.2. The summed E-state index contributed by atoms with van der Waals surface area (Å²) in [6.07, 6.45) is 1.31. The lowest BCUT2D eigenvalue weighted by Gasteiger charge is -2.06. The fraction of sp³-hybridized carbons (Fsp3) is 0. The molecule has 0 fully saturated rings. The lowest BCUT2D eigenvalue weighted by atomic mass is 10.0. The molecule has 0 aliphatic carbocycles. The van der Waals surface area contributed by atoms with Crippen molar-refractivity contribution in [2.75, 3.05) is 0 Å². The molecule has 3 aromatic rings. The second kappa shape index (κ2) is 5.45. The summed E-state index contributed by atoms with van der Waals surface area (Å²) in [6.45, 7) is 0. The van der Waals surface area contributed by atoms with Gasteiger partial charge in [-0.1, -0.05) is 18.2 Å². The van der Waals surface area contributed by atoms with E-state index >= 15 is 0 Å². The van der Waals surface area contributed by atoms with Crippen LogP contribution in [0.2, 0.25) is 0 Å². The van der Waals surface area contributed by atoms with Crippen molar-refractivity contribution in [3.05, 3.63) is 60.3 Å². The number of pyridine rings is 1. The molecule has 0 bridgehead atoms. The van der Waals surface area contributed by atoms with Gasteiger partial charge in [0, 0.05) is 11.6 Å². The zero-order valence-electron chi connectivity index (χ0n) is 11.8. The third-order valence-electron chi connectivity index (χ3n) is 3.44. The molecule has 0 atom stereocenters. The maximum absolute atomic E-state index is 11.3. The van der Waals surface area contributed by atoms with Gasteiger partial charge in [0.05, 0.1) is 16.0 Å². The third-order valence-corrected chi connectivity index (χ3v) is 4.37. The van der Waals surface area contributed by atoms with E-state index in [9.17, 15) is 13.2 Å². The first-order chi connectivity index (χ1) is 10.8. The van der Waals surface area contributed by atoms with Gasteiger partial charge in [-0.2, -0.15) is 0 Å². The van der Waals surface area contributed by atoms with Crippen LogP contribution in [0.15, 0.2) is 59.6 Å². The van der Waals surface area contributed by atoms with Crippen LogP contribution in [0.4, 0.5) is 0 Å². The number of hydrogen-bond acceptors (Lipinski definition) is 4. The van der Waals surface area contributed by atoms with E-state index in [-0.39, 0.29) is 10.5 Å². The van der Waals surface area contributed by atoms with E-state index in [1.165, 1.54) is 18.3 Å². The van der Waals surface area contributed by atoms with Gasteiger partial charge in [0.1, 0.15) is 0 Å². The molecule has 1 aromatic heterocycles. The Morgan fingerprint density at radius 3 is 2.26 bits per heavy atom. The summed E-state index contributed by atoms with van der Waals surface area (Å²) in [7, 11) is -3.73. The van der Waals surface area contributed by atoms with Gasteiger partial charge in [-0.25, -0.2) is 18.4 Å². The average molecular weight is 328 g/mol. The van der Waals surface area contributed by atoms with E-state index in [0.717, 1.165) is 11.1 Å². The molecular formula is C16H12N2O4S. The Balaban J connectivity index is 2.07. The molecule has 7 heteroatoms. The number of rotatable bonds is 3. The fourth-order valence-corrected chi connectivity index (χ4v) is 2.78. The first-order valence-corrected chi connectivity index (χ1v) is 8.15. The lowest BCUT2D eigenvalue weighted by molar-refractivity contribution is 0.0696. The van der Waals surface area contributed by atoms with Crippen LogP contribution >= 0.6 is 0 Å². The molecule has 116 valence electrons. The SMILES string of the molecule is NS(=O)(=O)c1ccc(-c2ccc3ncc(C(=O)O)cc3c2)cc1. The molecule has 1 heterocycles. The highest BCUT2D eigenvalue weighted by molar-refractivity contribution is 7.89. The van der Waals surface area contributed by atoms with Crippen molar-refractivity contribution in [1.29, 1.82) is 0 Å². The summed E-state index contributed by atoms with van der Waals surface area (Å²) in [6, 6.07) is 13.1. The molecule has 0 unspecified atom stereocenters. The van der Waals surface area contributed by atoms with Gasteiger partial charge in [-0.15, -0.1) is 0 Å². The minimum absolute atomic E-state index is 0.0388. The number of aromatic nitrogens is 1. The van der Waals surface area contributed by atoms with Crippen LogP contribution in [0.3, 0.4) is 0 Å². The second-order valence-electron chi connectivity index (χ2n) is 5.01. The van der Waals surface area contributed by atoms with E-state index < -0.39 is 16.0 Å². The number of carbonyl (C=O) groups is 1. The highest BCUT2D eigenvalue weighted by Crippen LogP contribution is 2.25. The predicted molar refractivity (Wildman–Crippen MR) is 85.5 cm³/mol. The monoisotopic (exact) mass is 328 g/mol. The van der Waals surface area contributed by atoms with Crippen LogP contribution in [0, 0.1) is 0 Å². The van der Waals surface area contributed by atoms with Gasteiger partial charge in [0.25, 0.3) is 0 Å². The van der Waals surface area contributed by atoms with Crippen molar-refractivity contribution in [2.45, 2.75) is 4.90 Å². The van der Waals surface area contributed by atoms with Crippen molar-refractivity contribution in [1.82, 2.24) is 4.98 Å². The molecule has 0 saturated heterocycles. The predicted octanol–water partition coefficient (Wildman–Crippen LogP) is 2.25. The number of carboxylic acids is 1. The Kier molecular flexibility index (Phi) is 3.59. The molecule has 23 heavy (non-hydrogen) atoms. The summed E-state index contributed by atoms with van der Waals surface area (Å²) in [5, 5.41) is 14.8. The quantitative estimate of drug-likeness (QED) is 0.766. The average Bonchev–Trinajstić information content (AvgIpc) is 2.53. The molecular weight excluding hydrogens is 316 g/mol. The maximum atomic E-state index is 11.3. The van der Waals surface area contributed by atoms with Crippen LogP contribution < -0.4 is 5.14 Å². The second-order valence-corrected chi connectivity index (χ2v) is 6.57. The normalized spacial score (nSPS) is 11.5. The highest BCUT2D eigenvalue weighted by Gasteiger charge is 2.09. The maximum Gasteiger partial charge on any atom is 0.337 e. The van der Waals surface area contributed by atoms with Gasteiger partial charge < -0.3 is 5.11 Å². The molecule has 0 aliphatic rings. The number of nitrogens with zero attached hydrogens (tertiary/aromatic N) is 1. The van der Waals surface area contributed by atoms with E-state index in [0.29, 0.717) is 10.9 Å². The standard InChI is InChI=1S/C16H12N2O4S/c17-23(21,22)14-4-1-10(2-5-14)11-3-6-15-12(7-11)8-13(9-18-15)16(19)20/h1-9H,(H,19,20)(H2,17,21,22). The van der Waals surface area contributed by atoms with E-state index in [1.54, 1.807) is 30.3 Å². The number of benzene rings is 2. The van der Waals surface area contributed by atoms with Gasteiger partial charge in [0.2, 0.25) is 10.0 Å². The fourth-order valence-electron chi connectivity index (χ4n) is 2.27. The van der Waals surface area contributed by atoms with Crippen LogP contribution in [0.25, 0.3) is 22.0 Å². The first kappa shape index (κ1) is 15.1. The van der Waals surface area contributed by atoms with Crippen molar-refractivity contribution in [2.24, 2.45) is 5.14 Å². The van der Waals surface area contributed by atoms with E-state index in [4.69, 9.17) is 10.2 Å². The van der Waals surface area contributed by atoms with Crippen LogP contribution in [-0.2, 0) is 10.0 Å². The number of sulfonamides is 1. The Morgan fingerprint density at radius 1 is 1.00 bits per heavy atom. The summed E-state index contributed by atoms with van der Waals surface area (Å²) in [5.41, 5.74) is 2.40. The Labute approximate surface area is 132 Å². The lowest BCUT2D eigenvalue weighted by Crippen LogP contribution is -2.11. The topological polar surface area (TPSA) is 110 Å². The molecule has 0 amide bonds. The van der Waals surface area contributed by atoms with Crippen molar-refractivity contribution in [3.8, 4) is 11.1 Å². The Morgan fingerprint density at radius 2 is 1.65 bits per heavy atom. The number of carboxylic acid groups (broad SMARTS) is 1. The van der Waals surface area contributed by atoms with Gasteiger partial charge in [0.15, 0.2) is 0 Å². The first-order valence-electron chi connectivity index (χ1n) is 6.61. The molecule has 6 nitrogen and oxygen atoms in total. The van der Waals surface area contributed by atoms with Gasteiger partial charge in [-0.05, 0) is 41.5 Å². The number of fused-ring (bicyclic) bond motifs is 1. The van der Waals surface area contributed by atoms with Crippen LogP contribution in [0.1, 0.15) is 10.4 Å². The molecule has 0 spiro atoms. The minimum Gasteiger partial charge on any atom is -0.478 e. The van der Waals surface area contributed by atoms with Gasteiger partial charge in [-0.3, -0.25) is 4.98 Å². The summed E-state index contributed by atoms with van der Waals surface area (Å²) in [5.74, 6) is -1.04. The Hall–Kier alpha value is -2.77. The largest absolute Gasteiger partial charge is 0.478 e. The Bertz CT molecular complexity index is 1010. The number of primary sulfonamides is 1. The third kappa shape index (κ3) is 3.05. The molecule has 0 aliphatic heterocycles. The zero-order valence-corrected chi connectivity index (χ0v) is 12.6. The number of aromatic carboxylic acids is 1. The van der Waals surface area contributed by atoms with E-state index in [1.807, 2.05) is 6.07 Å². The van der Waals surface area contributed by atoms with Crippen molar-refractivity contribution >= 4 is 26.9 Å². The molecule has 0 radical (unpaired) electrons. The molecule has 2 aromatic carbocycles. The van der Waals surface area contributed by atoms with Crippen molar-refractivity contribution < 1.29 is 18.3 Å². The summed E-state index contributed by atoms with van der Waals surface area (Å²) >= 11 is 0. The summed E-state index contributed by atoms with van der Waals surface area (Å²) in [4.78, 5) is 15.2. The van der Waals surface area contributed by atoms with Crippen LogP contribution in [-0.4, -0.2) is 24.5 Å². The van der Waals surface area contributed by atoms with E-state index in [2.05, 4.69) is 4.98 Å². The van der Waals surface area contributed by atoms with Gasteiger partial charge >= 0.3 is 5.97 Å². The molecule has 0 saturated carbocycles. The van der Waals surface area contributed by atoms with Crippen LogP contribution in [0.5, 0.6) is 0 Å². The molecule has 3 N–H and O–H groups in total. The molecule has 3 rings (SSSR count).